The lowest BCUT2D eigenvalue weighted by atomic mass is 9.76. The molecule has 1 fully saturated rings. The third-order valence-corrected chi connectivity index (χ3v) is 5.67. The maximum Gasteiger partial charge on any atom is 0.224 e. The second kappa shape index (κ2) is 7.89. The van der Waals surface area contributed by atoms with Crippen molar-refractivity contribution in [3.8, 4) is 0 Å². The van der Waals surface area contributed by atoms with Gasteiger partial charge in [0.05, 0.1) is 17.4 Å². The van der Waals surface area contributed by atoms with E-state index < -0.39 is 0 Å². The van der Waals surface area contributed by atoms with Gasteiger partial charge in [-0.15, -0.1) is 11.3 Å². The predicted molar refractivity (Wildman–Crippen MR) is 96.6 cm³/mol. The highest BCUT2D eigenvalue weighted by atomic mass is 32.1. The molecule has 1 saturated carbocycles. The molecule has 2 aromatic heterocycles. The van der Waals surface area contributed by atoms with Crippen molar-refractivity contribution in [1.29, 1.82) is 0 Å². The molecule has 0 saturated heterocycles. The summed E-state index contributed by atoms with van der Waals surface area (Å²) in [6, 6.07) is 7.51. The van der Waals surface area contributed by atoms with Crippen molar-refractivity contribution in [1.82, 2.24) is 10.3 Å². The number of ketones is 1. The lowest BCUT2D eigenvalue weighted by molar-refractivity contribution is -0.122. The molecule has 0 spiro atoms. The van der Waals surface area contributed by atoms with Crippen molar-refractivity contribution < 1.29 is 14.7 Å². The predicted octanol–water partition coefficient (Wildman–Crippen LogP) is 2.39. The number of rotatable bonds is 7. The number of pyridine rings is 1. The van der Waals surface area contributed by atoms with Gasteiger partial charge in [0.25, 0.3) is 0 Å². The Labute approximate surface area is 151 Å². The minimum atomic E-state index is -0.261. The van der Waals surface area contributed by atoms with Gasteiger partial charge < -0.3 is 10.4 Å². The molecular formula is C19H22N2O3S. The molecular weight excluding hydrogens is 336 g/mol. The summed E-state index contributed by atoms with van der Waals surface area (Å²) >= 11 is 1.37. The first-order valence-corrected chi connectivity index (χ1v) is 9.35. The molecule has 2 heterocycles. The molecule has 2 aromatic rings. The normalized spacial score (nSPS) is 20.6. The smallest absolute Gasteiger partial charge is 0.224 e. The van der Waals surface area contributed by atoms with Crippen molar-refractivity contribution in [3.63, 3.8) is 0 Å². The fourth-order valence-electron chi connectivity index (χ4n) is 3.13. The zero-order valence-electron chi connectivity index (χ0n) is 14.1. The van der Waals surface area contributed by atoms with Crippen LogP contribution in [0.25, 0.3) is 0 Å². The highest BCUT2D eigenvalue weighted by molar-refractivity contribution is 7.12. The molecule has 3 rings (SSSR count). The Bertz CT molecular complexity index is 738. The zero-order valence-corrected chi connectivity index (χ0v) is 15.0. The number of aromatic nitrogens is 1. The van der Waals surface area contributed by atoms with E-state index >= 15 is 0 Å². The summed E-state index contributed by atoms with van der Waals surface area (Å²) < 4.78 is 0. The number of Topliss-reactive ketones (excluding diaryl/α,β-unsaturated/α-hetero) is 1. The Kier molecular flexibility index (Phi) is 5.60. The van der Waals surface area contributed by atoms with Crippen LogP contribution in [0.2, 0.25) is 0 Å². The number of nitrogens with one attached hydrogen (secondary N) is 1. The average molecular weight is 358 g/mol. The summed E-state index contributed by atoms with van der Waals surface area (Å²) in [5, 5.41) is 14.6. The summed E-state index contributed by atoms with van der Waals surface area (Å²) in [6.07, 6.45) is 3.83. The van der Waals surface area contributed by atoms with Crippen LogP contribution in [0, 0.1) is 5.92 Å². The first-order chi connectivity index (χ1) is 12.0. The number of aliphatic hydroxyl groups is 1. The fourth-order valence-corrected chi connectivity index (χ4v) is 3.95. The van der Waals surface area contributed by atoms with Gasteiger partial charge in [0.1, 0.15) is 0 Å². The molecule has 132 valence electrons. The molecule has 0 unspecified atom stereocenters. The Balaban J connectivity index is 1.62. The Morgan fingerprint density at radius 1 is 1.40 bits per heavy atom. The number of aliphatic hydroxyl groups excluding tert-OH is 1. The Hall–Kier alpha value is -2.05. The van der Waals surface area contributed by atoms with E-state index in [0.29, 0.717) is 24.1 Å². The van der Waals surface area contributed by atoms with Crippen molar-refractivity contribution in [2.45, 2.75) is 44.8 Å². The van der Waals surface area contributed by atoms with E-state index in [9.17, 15) is 14.7 Å². The molecule has 1 amide bonds. The molecule has 0 aromatic carbocycles. The van der Waals surface area contributed by atoms with Crippen LogP contribution in [-0.2, 0) is 17.6 Å². The van der Waals surface area contributed by atoms with Gasteiger partial charge in [-0.25, -0.2) is 0 Å². The van der Waals surface area contributed by atoms with Gasteiger partial charge in [-0.3, -0.25) is 14.6 Å². The average Bonchev–Trinajstić information content (AvgIpc) is 3.01. The first-order valence-electron chi connectivity index (χ1n) is 8.47. The van der Waals surface area contributed by atoms with Crippen LogP contribution in [0.3, 0.4) is 0 Å². The van der Waals surface area contributed by atoms with Crippen molar-refractivity contribution in [2.24, 2.45) is 5.92 Å². The maximum atomic E-state index is 12.4. The van der Waals surface area contributed by atoms with Gasteiger partial charge in [0.15, 0.2) is 5.78 Å². The largest absolute Gasteiger partial charge is 0.393 e. The molecule has 6 heteroatoms. The third kappa shape index (κ3) is 4.74. The van der Waals surface area contributed by atoms with E-state index in [2.05, 4.69) is 10.3 Å². The molecule has 2 N–H and O–H groups in total. The van der Waals surface area contributed by atoms with Gasteiger partial charge in [0, 0.05) is 24.4 Å². The number of carbonyl (C=O) groups excluding carboxylic acids is 2. The molecule has 0 bridgehead atoms. The molecule has 1 aliphatic carbocycles. The molecule has 1 atom stereocenters. The zero-order chi connectivity index (χ0) is 17.8. The molecule has 25 heavy (non-hydrogen) atoms. The summed E-state index contributed by atoms with van der Waals surface area (Å²) in [6.45, 7) is 1.53. The van der Waals surface area contributed by atoms with E-state index in [1.54, 1.807) is 12.3 Å². The topological polar surface area (TPSA) is 79.3 Å². The highest BCUT2D eigenvalue weighted by Crippen LogP contribution is 2.31. The quantitative estimate of drug-likeness (QED) is 0.745. The number of thiophene rings is 1. The number of carbonyl (C=O) groups is 2. The van der Waals surface area contributed by atoms with Crippen LogP contribution in [0.1, 0.15) is 40.7 Å². The summed E-state index contributed by atoms with van der Waals surface area (Å²) in [5.74, 6) is 0.236. The minimum Gasteiger partial charge on any atom is -0.393 e. The van der Waals surface area contributed by atoms with Crippen LogP contribution < -0.4 is 5.32 Å². The van der Waals surface area contributed by atoms with Crippen LogP contribution in [0.15, 0.2) is 35.8 Å². The fraction of sp³-hybridized carbons (Fsp3) is 0.421. The van der Waals surface area contributed by atoms with E-state index in [0.717, 1.165) is 11.3 Å². The minimum absolute atomic E-state index is 0.0214. The lowest BCUT2D eigenvalue weighted by Crippen LogP contribution is -2.48. The van der Waals surface area contributed by atoms with Crippen molar-refractivity contribution in [2.75, 3.05) is 0 Å². The van der Waals surface area contributed by atoms with Gasteiger partial charge in [0.2, 0.25) is 5.91 Å². The van der Waals surface area contributed by atoms with Gasteiger partial charge in [-0.2, -0.15) is 0 Å². The van der Waals surface area contributed by atoms with Crippen molar-refractivity contribution in [3.05, 3.63) is 52.0 Å². The number of nitrogens with zero attached hydrogens (tertiary/aromatic N) is 1. The van der Waals surface area contributed by atoms with Gasteiger partial charge in [-0.1, -0.05) is 6.07 Å². The summed E-state index contributed by atoms with van der Waals surface area (Å²) in [4.78, 5) is 28.8. The lowest BCUT2D eigenvalue weighted by Gasteiger charge is -2.38. The second-order valence-corrected chi connectivity index (χ2v) is 7.55. The van der Waals surface area contributed by atoms with Crippen LogP contribution >= 0.6 is 11.3 Å². The molecule has 0 radical (unpaired) electrons. The highest BCUT2D eigenvalue weighted by Gasteiger charge is 2.35. The van der Waals surface area contributed by atoms with Crippen LogP contribution in [0.4, 0.5) is 0 Å². The third-order valence-electron chi connectivity index (χ3n) is 4.59. The van der Waals surface area contributed by atoms with Crippen molar-refractivity contribution >= 4 is 23.0 Å². The molecule has 5 nitrogen and oxygen atoms in total. The second-order valence-electron chi connectivity index (χ2n) is 6.64. The van der Waals surface area contributed by atoms with E-state index in [4.69, 9.17) is 0 Å². The number of hydrogen-bond donors (Lipinski definition) is 2. The van der Waals surface area contributed by atoms with E-state index in [1.807, 2.05) is 23.6 Å². The van der Waals surface area contributed by atoms with E-state index in [-0.39, 0.29) is 36.2 Å². The standard InChI is InChI=1S/C19H22N2O3S/c1-12(22)18-6-13(11-25-18)7-19(24)21-17(14-8-16(23)9-14)10-15-4-2-3-5-20-15/h2-6,11,14,16-17,23H,7-10H2,1H3,(H,21,24)/t14?,16?,17-/m0/s1. The number of amides is 1. The van der Waals surface area contributed by atoms with E-state index in [1.165, 1.54) is 18.3 Å². The van der Waals surface area contributed by atoms with Gasteiger partial charge in [-0.05, 0) is 54.8 Å². The summed E-state index contributed by atoms with van der Waals surface area (Å²) in [5.41, 5.74) is 1.79. The molecule has 1 aliphatic rings. The summed E-state index contributed by atoms with van der Waals surface area (Å²) in [7, 11) is 0. The molecule has 0 aliphatic heterocycles. The Morgan fingerprint density at radius 2 is 2.20 bits per heavy atom. The monoisotopic (exact) mass is 358 g/mol. The maximum absolute atomic E-state index is 12.4. The van der Waals surface area contributed by atoms with Gasteiger partial charge >= 0.3 is 0 Å². The van der Waals surface area contributed by atoms with Crippen LogP contribution in [0.5, 0.6) is 0 Å². The first kappa shape index (κ1) is 17.8. The van der Waals surface area contributed by atoms with Crippen LogP contribution in [-0.4, -0.2) is 33.9 Å². The number of hydrogen-bond acceptors (Lipinski definition) is 5. The SMILES string of the molecule is CC(=O)c1cc(CC(=O)N[C@@H](Cc2ccccn2)C2CC(O)C2)cs1. The Morgan fingerprint density at radius 3 is 2.80 bits per heavy atom.